The molecule has 0 aliphatic heterocycles. The lowest BCUT2D eigenvalue weighted by molar-refractivity contribution is 0.0377. The number of rotatable bonds is 7. The Kier molecular flexibility index (Phi) is 7.05. The quantitative estimate of drug-likeness (QED) is 0.657. The minimum atomic E-state index is -0.781. The fraction of sp³-hybridized carbons (Fsp3) is 0.650. The van der Waals surface area contributed by atoms with E-state index in [4.69, 9.17) is 14.2 Å². The van der Waals surface area contributed by atoms with Gasteiger partial charge in [0.25, 0.3) is 0 Å². The Hall–Kier alpha value is -1.36. The van der Waals surface area contributed by atoms with Crippen molar-refractivity contribution in [2.24, 2.45) is 0 Å². The Morgan fingerprint density at radius 3 is 2.20 bits per heavy atom. The molecule has 1 aliphatic rings. The second-order valence-electron chi connectivity index (χ2n) is 7.30. The first-order valence-corrected chi connectivity index (χ1v) is 11.7. The number of carbonyl (C=O) groups is 1. The smallest absolute Gasteiger partial charge is 0.346 e. The molecule has 1 aromatic rings. The van der Waals surface area contributed by atoms with Crippen molar-refractivity contribution in [3.8, 4) is 11.5 Å². The summed E-state index contributed by atoms with van der Waals surface area (Å²) >= 11 is 0. The zero-order valence-electron chi connectivity index (χ0n) is 16.2. The molecule has 1 saturated carbocycles. The molecule has 25 heavy (non-hydrogen) atoms. The van der Waals surface area contributed by atoms with Crippen LogP contribution < -0.4 is 9.47 Å². The predicted octanol–water partition coefficient (Wildman–Crippen LogP) is 4.65. The highest BCUT2D eigenvalue weighted by molar-refractivity contribution is 8.33. The molecule has 0 amide bonds. The number of hydrogen-bond donors (Lipinski definition) is 0. The number of esters is 1. The van der Waals surface area contributed by atoms with Crippen LogP contribution in [0.1, 0.15) is 49.4 Å². The van der Waals surface area contributed by atoms with Gasteiger partial charge in [0.15, 0.2) is 0 Å². The van der Waals surface area contributed by atoms with Gasteiger partial charge < -0.3 is 14.2 Å². The highest BCUT2D eigenvalue weighted by Gasteiger charge is 2.30. The van der Waals surface area contributed by atoms with Gasteiger partial charge in [0.1, 0.15) is 23.2 Å². The topological polar surface area (TPSA) is 44.8 Å². The fourth-order valence-corrected chi connectivity index (χ4v) is 6.93. The number of methoxy groups -OCH3 is 2. The summed E-state index contributed by atoms with van der Waals surface area (Å²) in [7, 11) is 2.31. The second-order valence-corrected chi connectivity index (χ2v) is 11.6. The largest absolute Gasteiger partial charge is 0.496 e. The number of hydrogen-bond acceptors (Lipinski definition) is 4. The van der Waals surface area contributed by atoms with Crippen molar-refractivity contribution in [2.75, 3.05) is 32.5 Å². The molecule has 0 N–H and O–H groups in total. The lowest BCUT2D eigenvalue weighted by atomic mass is 10.0. The van der Waals surface area contributed by atoms with Crippen LogP contribution in [0, 0.1) is 0 Å². The van der Waals surface area contributed by atoms with Gasteiger partial charge in [-0.1, -0.05) is 25.3 Å². The molecular formula is C20H32O4S. The van der Waals surface area contributed by atoms with E-state index < -0.39 is 10.0 Å². The van der Waals surface area contributed by atoms with Crippen molar-refractivity contribution in [2.45, 2.75) is 50.4 Å². The van der Waals surface area contributed by atoms with Crippen LogP contribution in [0.2, 0.25) is 0 Å². The molecule has 1 aliphatic carbocycles. The number of carbonyl (C=O) groups excluding carboxylic acids is 1. The van der Waals surface area contributed by atoms with E-state index >= 15 is 0 Å². The summed E-state index contributed by atoms with van der Waals surface area (Å²) in [5, 5.41) is 0.795. The highest BCUT2D eigenvalue weighted by Crippen LogP contribution is 2.51. The summed E-state index contributed by atoms with van der Waals surface area (Å²) in [6, 6.07) is 5.30. The first kappa shape index (κ1) is 20.0. The number of benzene rings is 1. The maximum absolute atomic E-state index is 12.7. The Morgan fingerprint density at radius 2 is 1.68 bits per heavy atom. The third-order valence-electron chi connectivity index (χ3n) is 5.06. The fourth-order valence-electron chi connectivity index (χ4n) is 3.77. The van der Waals surface area contributed by atoms with Crippen molar-refractivity contribution in [3.05, 3.63) is 23.8 Å². The van der Waals surface area contributed by atoms with Gasteiger partial charge in [0.2, 0.25) is 0 Å². The van der Waals surface area contributed by atoms with Crippen molar-refractivity contribution in [1.82, 2.24) is 0 Å². The maximum atomic E-state index is 12.7. The molecule has 1 unspecified atom stereocenters. The standard InChI is InChI=1S/C20H32O4S/c1-15(14-25(4,5)16-10-7-6-8-11-16)24-20(21)19-17(22-2)12-9-13-18(19)23-3/h9,12-13,15-16H,6-8,10-11,14H2,1-5H3. The summed E-state index contributed by atoms with van der Waals surface area (Å²) in [5.41, 5.74) is 0.366. The van der Waals surface area contributed by atoms with Crippen LogP contribution in [0.3, 0.4) is 0 Å². The maximum Gasteiger partial charge on any atom is 0.346 e. The average Bonchev–Trinajstić information content (AvgIpc) is 2.60. The van der Waals surface area contributed by atoms with Crippen LogP contribution in [0.25, 0.3) is 0 Å². The third-order valence-corrected chi connectivity index (χ3v) is 8.66. The van der Waals surface area contributed by atoms with E-state index in [1.807, 2.05) is 6.92 Å². The molecule has 0 aromatic heterocycles. The summed E-state index contributed by atoms with van der Waals surface area (Å²) in [6.45, 7) is 2.00. The summed E-state index contributed by atoms with van der Waals surface area (Å²) in [4.78, 5) is 12.7. The van der Waals surface area contributed by atoms with Crippen LogP contribution in [0.4, 0.5) is 0 Å². The van der Waals surface area contributed by atoms with E-state index in [1.54, 1.807) is 32.4 Å². The first-order chi connectivity index (χ1) is 11.9. The van der Waals surface area contributed by atoms with Crippen LogP contribution >= 0.6 is 10.0 Å². The van der Waals surface area contributed by atoms with Gasteiger partial charge in [0, 0.05) is 5.75 Å². The zero-order valence-corrected chi connectivity index (χ0v) is 17.0. The van der Waals surface area contributed by atoms with E-state index in [0.29, 0.717) is 17.1 Å². The van der Waals surface area contributed by atoms with Crippen molar-refractivity contribution in [3.63, 3.8) is 0 Å². The van der Waals surface area contributed by atoms with Gasteiger partial charge in [-0.2, -0.15) is 0 Å². The SMILES string of the molecule is COc1cccc(OC)c1C(=O)OC(C)CS(C)(C)C1CCCCC1. The Labute approximate surface area is 153 Å². The normalized spacial score (nSPS) is 17.6. The molecule has 1 aromatic carbocycles. The molecular weight excluding hydrogens is 336 g/mol. The molecule has 1 fully saturated rings. The van der Waals surface area contributed by atoms with E-state index in [9.17, 15) is 4.79 Å². The van der Waals surface area contributed by atoms with Crippen molar-refractivity contribution in [1.29, 1.82) is 0 Å². The first-order valence-electron chi connectivity index (χ1n) is 9.01. The summed E-state index contributed by atoms with van der Waals surface area (Å²) in [6.07, 6.45) is 11.3. The molecule has 0 spiro atoms. The molecule has 0 heterocycles. The van der Waals surface area contributed by atoms with Gasteiger partial charge in [-0.3, -0.25) is 0 Å². The Balaban J connectivity index is 2.05. The highest BCUT2D eigenvalue weighted by atomic mass is 32.3. The molecule has 4 nitrogen and oxygen atoms in total. The van der Waals surface area contributed by atoms with Gasteiger partial charge in [-0.05, 0) is 49.7 Å². The molecule has 0 bridgehead atoms. The van der Waals surface area contributed by atoms with Gasteiger partial charge >= 0.3 is 5.97 Å². The molecule has 2 rings (SSSR count). The lowest BCUT2D eigenvalue weighted by Gasteiger charge is -2.43. The summed E-state index contributed by atoms with van der Waals surface area (Å²) < 4.78 is 16.4. The van der Waals surface area contributed by atoms with E-state index in [0.717, 1.165) is 11.0 Å². The molecule has 5 heteroatoms. The van der Waals surface area contributed by atoms with Crippen LogP contribution in [-0.4, -0.2) is 49.8 Å². The molecule has 0 radical (unpaired) electrons. The van der Waals surface area contributed by atoms with Crippen LogP contribution in [0.15, 0.2) is 18.2 Å². The van der Waals surface area contributed by atoms with Crippen LogP contribution in [0.5, 0.6) is 11.5 Å². The summed E-state index contributed by atoms with van der Waals surface area (Å²) in [5.74, 6) is 1.53. The second kappa shape index (κ2) is 8.84. The number of ether oxygens (including phenoxy) is 3. The van der Waals surface area contributed by atoms with E-state index in [2.05, 4.69) is 12.5 Å². The van der Waals surface area contributed by atoms with Gasteiger partial charge in [0.05, 0.1) is 14.2 Å². The minimum Gasteiger partial charge on any atom is -0.496 e. The molecule has 0 saturated heterocycles. The Bertz CT molecular complexity index is 557. The van der Waals surface area contributed by atoms with Crippen molar-refractivity contribution >= 4 is 16.0 Å². The van der Waals surface area contributed by atoms with E-state index in [1.165, 1.54) is 32.1 Å². The predicted molar refractivity (Wildman–Crippen MR) is 106 cm³/mol. The van der Waals surface area contributed by atoms with Gasteiger partial charge in [-0.15, -0.1) is 0 Å². The minimum absolute atomic E-state index is 0.117. The molecule has 142 valence electrons. The molecule has 1 atom stereocenters. The monoisotopic (exact) mass is 368 g/mol. The Morgan fingerprint density at radius 1 is 1.12 bits per heavy atom. The van der Waals surface area contributed by atoms with Crippen LogP contribution in [-0.2, 0) is 4.74 Å². The third kappa shape index (κ3) is 5.06. The van der Waals surface area contributed by atoms with E-state index in [-0.39, 0.29) is 12.1 Å². The lowest BCUT2D eigenvalue weighted by Crippen LogP contribution is -2.29. The average molecular weight is 369 g/mol. The zero-order chi connectivity index (χ0) is 18.4. The van der Waals surface area contributed by atoms with Gasteiger partial charge in [-0.25, -0.2) is 14.8 Å². The van der Waals surface area contributed by atoms with Crippen molar-refractivity contribution < 1.29 is 19.0 Å².